The first-order valence-electron chi connectivity index (χ1n) is 6.79. The van der Waals surface area contributed by atoms with Crippen molar-refractivity contribution < 1.29 is 14.8 Å². The number of hydrogen-bond donors (Lipinski definition) is 3. The fraction of sp³-hybridized carbons (Fsp3) is 0.917. The summed E-state index contributed by atoms with van der Waals surface area (Å²) in [5, 5.41) is 18.6. The maximum Gasteiger partial charge on any atom is 0.475 e. The van der Waals surface area contributed by atoms with Crippen molar-refractivity contribution in [3.8, 4) is 0 Å². The average Bonchev–Trinajstić information content (AvgIpc) is 2.85. The summed E-state index contributed by atoms with van der Waals surface area (Å²) < 4.78 is 0. The van der Waals surface area contributed by atoms with Gasteiger partial charge in [-0.05, 0) is 31.1 Å². The molecule has 0 aromatic heterocycles. The summed E-state index contributed by atoms with van der Waals surface area (Å²) in [6.07, 6.45) is 3.09. The van der Waals surface area contributed by atoms with Gasteiger partial charge in [-0.15, -0.1) is 0 Å². The number of likely N-dealkylation sites (tertiary alicyclic amines) is 1. The molecule has 18 heavy (non-hydrogen) atoms. The summed E-state index contributed by atoms with van der Waals surface area (Å²) in [4.78, 5) is 13.9. The first-order chi connectivity index (χ1) is 8.37. The molecule has 1 aliphatic rings. The third-order valence-electron chi connectivity index (χ3n) is 4.56. The lowest BCUT2D eigenvalue weighted by Gasteiger charge is -2.36. The molecule has 0 bridgehead atoms. The van der Waals surface area contributed by atoms with E-state index in [4.69, 9.17) is 5.73 Å². The Morgan fingerprint density at radius 1 is 1.50 bits per heavy atom. The Bertz CT molecular complexity index is 291. The predicted octanol–water partition coefficient (Wildman–Crippen LogP) is 0.143. The van der Waals surface area contributed by atoms with E-state index < -0.39 is 19.1 Å². The fourth-order valence-corrected chi connectivity index (χ4v) is 2.54. The predicted molar refractivity (Wildman–Crippen MR) is 71.6 cm³/mol. The van der Waals surface area contributed by atoms with Crippen molar-refractivity contribution in [3.63, 3.8) is 0 Å². The second kappa shape index (κ2) is 6.04. The lowest BCUT2D eigenvalue weighted by molar-refractivity contribution is -0.135. The monoisotopic (exact) mass is 256 g/mol. The number of hydrogen-bond acceptors (Lipinski definition) is 4. The molecular weight excluding hydrogens is 231 g/mol. The molecule has 0 spiro atoms. The van der Waals surface area contributed by atoms with Crippen molar-refractivity contribution >= 4 is 13.0 Å². The van der Waals surface area contributed by atoms with Crippen LogP contribution in [-0.4, -0.2) is 46.5 Å². The lowest BCUT2D eigenvalue weighted by Crippen LogP contribution is -2.56. The third kappa shape index (κ3) is 2.87. The molecule has 0 saturated carbocycles. The average molecular weight is 256 g/mol. The van der Waals surface area contributed by atoms with Gasteiger partial charge in [-0.25, -0.2) is 0 Å². The van der Waals surface area contributed by atoms with E-state index in [1.54, 1.807) is 4.90 Å². The molecule has 1 heterocycles. The highest BCUT2D eigenvalue weighted by Crippen LogP contribution is 2.31. The lowest BCUT2D eigenvalue weighted by atomic mass is 9.75. The molecule has 1 aliphatic heterocycles. The normalized spacial score (nSPS) is 22.1. The molecule has 1 rings (SSSR count). The highest BCUT2D eigenvalue weighted by Gasteiger charge is 2.42. The van der Waals surface area contributed by atoms with E-state index in [1.807, 2.05) is 20.8 Å². The Labute approximate surface area is 109 Å². The number of carbonyl (C=O) groups is 1. The number of rotatable bonds is 5. The second-order valence-corrected chi connectivity index (χ2v) is 5.49. The van der Waals surface area contributed by atoms with E-state index in [1.165, 1.54) is 0 Å². The van der Waals surface area contributed by atoms with Crippen molar-refractivity contribution in [2.45, 2.75) is 58.4 Å². The SMILES string of the molecule is CCC(C)(CC)C(N)C(=O)N1CCC[C@H]1B(O)O. The maximum atomic E-state index is 12.4. The minimum atomic E-state index is -1.47. The van der Waals surface area contributed by atoms with Crippen LogP contribution in [0.2, 0.25) is 0 Å². The van der Waals surface area contributed by atoms with Crippen LogP contribution < -0.4 is 5.73 Å². The molecular formula is C12H25BN2O3. The van der Waals surface area contributed by atoms with E-state index in [9.17, 15) is 14.8 Å². The molecule has 1 amide bonds. The van der Waals surface area contributed by atoms with Gasteiger partial charge in [0, 0.05) is 6.54 Å². The van der Waals surface area contributed by atoms with E-state index in [2.05, 4.69) is 0 Å². The van der Waals surface area contributed by atoms with Gasteiger partial charge in [0.1, 0.15) is 0 Å². The molecule has 1 saturated heterocycles. The van der Waals surface area contributed by atoms with E-state index >= 15 is 0 Å². The highest BCUT2D eigenvalue weighted by molar-refractivity contribution is 6.43. The van der Waals surface area contributed by atoms with Crippen molar-refractivity contribution in [1.29, 1.82) is 0 Å². The summed E-state index contributed by atoms with van der Waals surface area (Å²) in [5.74, 6) is -0.654. The van der Waals surface area contributed by atoms with Crippen molar-refractivity contribution in [2.75, 3.05) is 6.54 Å². The van der Waals surface area contributed by atoms with Crippen LogP contribution in [0.4, 0.5) is 0 Å². The molecule has 1 fully saturated rings. The summed E-state index contributed by atoms with van der Waals surface area (Å²) in [6, 6.07) is -0.577. The largest absolute Gasteiger partial charge is 0.475 e. The Morgan fingerprint density at radius 3 is 2.50 bits per heavy atom. The van der Waals surface area contributed by atoms with Gasteiger partial charge in [0.2, 0.25) is 5.91 Å². The summed E-state index contributed by atoms with van der Waals surface area (Å²) in [6.45, 7) is 6.63. The smallest absolute Gasteiger partial charge is 0.426 e. The maximum absolute atomic E-state index is 12.4. The van der Waals surface area contributed by atoms with Gasteiger partial charge in [0.25, 0.3) is 0 Å². The molecule has 0 radical (unpaired) electrons. The molecule has 0 aromatic carbocycles. The first-order valence-corrected chi connectivity index (χ1v) is 6.79. The van der Waals surface area contributed by atoms with Gasteiger partial charge in [-0.2, -0.15) is 0 Å². The minimum absolute atomic E-state index is 0.156. The molecule has 0 aliphatic carbocycles. The number of nitrogens with zero attached hydrogens (tertiary/aromatic N) is 1. The summed E-state index contributed by atoms with van der Waals surface area (Å²) >= 11 is 0. The van der Waals surface area contributed by atoms with Gasteiger partial charge in [0.15, 0.2) is 0 Å². The topological polar surface area (TPSA) is 86.8 Å². The zero-order chi connectivity index (χ0) is 13.9. The molecule has 0 aromatic rings. The quantitative estimate of drug-likeness (QED) is 0.611. The van der Waals surface area contributed by atoms with Crippen LogP contribution in [0.3, 0.4) is 0 Å². The van der Waals surface area contributed by atoms with E-state index in [0.29, 0.717) is 13.0 Å². The van der Waals surface area contributed by atoms with Crippen LogP contribution in [0.25, 0.3) is 0 Å². The van der Waals surface area contributed by atoms with E-state index in [0.717, 1.165) is 19.3 Å². The standard InChI is InChI=1S/C12H25BN2O3/c1-4-12(3,5-2)10(14)11(16)15-8-6-7-9(15)13(17)18/h9-10,17-18H,4-8,14H2,1-3H3/t9-,10?/m0/s1. The Morgan fingerprint density at radius 2 is 2.06 bits per heavy atom. The minimum Gasteiger partial charge on any atom is -0.426 e. The first kappa shape index (κ1) is 15.5. The van der Waals surface area contributed by atoms with Crippen LogP contribution in [-0.2, 0) is 4.79 Å². The van der Waals surface area contributed by atoms with Gasteiger partial charge < -0.3 is 20.7 Å². The molecule has 5 nitrogen and oxygen atoms in total. The molecule has 2 atom stereocenters. The number of amides is 1. The van der Waals surface area contributed by atoms with Crippen molar-refractivity contribution in [1.82, 2.24) is 4.90 Å². The van der Waals surface area contributed by atoms with Crippen LogP contribution in [0.1, 0.15) is 46.5 Å². The van der Waals surface area contributed by atoms with Gasteiger partial charge >= 0.3 is 7.12 Å². The van der Waals surface area contributed by atoms with Crippen LogP contribution in [0, 0.1) is 5.41 Å². The summed E-state index contributed by atoms with van der Waals surface area (Å²) in [5.41, 5.74) is 5.87. The van der Waals surface area contributed by atoms with Crippen LogP contribution >= 0.6 is 0 Å². The molecule has 104 valence electrons. The third-order valence-corrected chi connectivity index (χ3v) is 4.56. The van der Waals surface area contributed by atoms with Crippen LogP contribution in [0.15, 0.2) is 0 Å². The Balaban J connectivity index is 2.80. The molecule has 6 heteroatoms. The Kier molecular flexibility index (Phi) is 5.19. The van der Waals surface area contributed by atoms with Crippen molar-refractivity contribution in [3.05, 3.63) is 0 Å². The zero-order valence-electron chi connectivity index (χ0n) is 11.6. The highest BCUT2D eigenvalue weighted by atomic mass is 16.4. The fourth-order valence-electron chi connectivity index (χ4n) is 2.54. The van der Waals surface area contributed by atoms with Gasteiger partial charge in [-0.1, -0.05) is 20.8 Å². The van der Waals surface area contributed by atoms with Crippen LogP contribution in [0.5, 0.6) is 0 Å². The van der Waals surface area contributed by atoms with Gasteiger partial charge in [-0.3, -0.25) is 4.79 Å². The van der Waals surface area contributed by atoms with Gasteiger partial charge in [0.05, 0.1) is 12.0 Å². The molecule has 1 unspecified atom stereocenters. The Hall–Kier alpha value is -0.585. The number of nitrogens with two attached hydrogens (primary N) is 1. The zero-order valence-corrected chi connectivity index (χ0v) is 11.6. The molecule has 4 N–H and O–H groups in total. The second-order valence-electron chi connectivity index (χ2n) is 5.49. The van der Waals surface area contributed by atoms with E-state index in [-0.39, 0.29) is 11.3 Å². The number of carbonyl (C=O) groups excluding carboxylic acids is 1. The van der Waals surface area contributed by atoms with Crippen molar-refractivity contribution in [2.24, 2.45) is 11.1 Å². The summed E-state index contributed by atoms with van der Waals surface area (Å²) in [7, 11) is -1.47.